The van der Waals surface area contributed by atoms with E-state index in [1.165, 1.54) is 12.1 Å². The van der Waals surface area contributed by atoms with Crippen LogP contribution in [0.3, 0.4) is 0 Å². The number of hydrogen-bond acceptors (Lipinski definition) is 3. The molecule has 114 valence electrons. The van der Waals surface area contributed by atoms with Crippen LogP contribution in [-0.4, -0.2) is 27.5 Å². The zero-order chi connectivity index (χ0) is 14.3. The van der Waals surface area contributed by atoms with Crippen LogP contribution in [0.1, 0.15) is 19.4 Å². The number of sulfonamides is 1. The smallest absolute Gasteiger partial charge is 0.238 e. The third kappa shape index (κ3) is 6.53. The lowest BCUT2D eigenvalue weighted by Gasteiger charge is -2.09. The first-order chi connectivity index (χ1) is 8.97. The van der Waals surface area contributed by atoms with Crippen molar-refractivity contribution in [2.45, 2.75) is 25.3 Å². The van der Waals surface area contributed by atoms with Crippen LogP contribution < -0.4 is 15.8 Å². The Morgan fingerprint density at radius 2 is 1.85 bits per heavy atom. The maximum Gasteiger partial charge on any atom is 0.238 e. The van der Waals surface area contributed by atoms with E-state index in [1.54, 1.807) is 6.07 Å². The molecule has 0 atom stereocenters. The molecule has 0 aliphatic rings. The molecule has 0 aliphatic carbocycles. The minimum absolute atomic E-state index is 0. The highest BCUT2D eigenvalue weighted by Gasteiger charge is 2.07. The lowest BCUT2D eigenvalue weighted by molar-refractivity contribution is 0.597. The standard InChI is InChI=1S/C12H20N4O2S.HI/c1-3-14-12(15-4-2)16-9-10-6-5-7-11(8-10)19(13,17)18;/h5-8H,3-4,9H2,1-2H3,(H2,13,17,18)(H2,14,15,16);1H. The van der Waals surface area contributed by atoms with E-state index >= 15 is 0 Å². The molecule has 6 nitrogen and oxygen atoms in total. The van der Waals surface area contributed by atoms with Crippen molar-refractivity contribution in [2.24, 2.45) is 10.1 Å². The van der Waals surface area contributed by atoms with Gasteiger partial charge in [0.2, 0.25) is 10.0 Å². The number of halogens is 1. The molecule has 8 heteroatoms. The van der Waals surface area contributed by atoms with E-state index in [1.807, 2.05) is 19.9 Å². The third-order valence-electron chi connectivity index (χ3n) is 2.34. The Kier molecular flexibility index (Phi) is 8.74. The van der Waals surface area contributed by atoms with Gasteiger partial charge in [-0.2, -0.15) is 0 Å². The Bertz CT molecular complexity index is 538. The Morgan fingerprint density at radius 1 is 1.25 bits per heavy atom. The van der Waals surface area contributed by atoms with Gasteiger partial charge in [-0.15, -0.1) is 24.0 Å². The van der Waals surface area contributed by atoms with Crippen molar-refractivity contribution in [2.75, 3.05) is 13.1 Å². The topological polar surface area (TPSA) is 96.6 Å². The molecule has 0 fully saturated rings. The van der Waals surface area contributed by atoms with Gasteiger partial charge in [-0.3, -0.25) is 0 Å². The second-order valence-corrected chi connectivity index (χ2v) is 5.48. The van der Waals surface area contributed by atoms with Gasteiger partial charge in [0.15, 0.2) is 5.96 Å². The minimum Gasteiger partial charge on any atom is -0.357 e. The summed E-state index contributed by atoms with van der Waals surface area (Å²) in [6, 6.07) is 6.48. The number of nitrogens with two attached hydrogens (primary N) is 1. The van der Waals surface area contributed by atoms with Crippen molar-refractivity contribution in [1.29, 1.82) is 0 Å². The summed E-state index contributed by atoms with van der Waals surface area (Å²) in [7, 11) is -3.66. The van der Waals surface area contributed by atoms with Gasteiger partial charge in [0.1, 0.15) is 0 Å². The summed E-state index contributed by atoms with van der Waals surface area (Å²) in [4.78, 5) is 4.46. The lowest BCUT2D eigenvalue weighted by Crippen LogP contribution is -2.36. The fourth-order valence-corrected chi connectivity index (χ4v) is 2.08. The quantitative estimate of drug-likeness (QED) is 0.382. The highest BCUT2D eigenvalue weighted by Crippen LogP contribution is 2.10. The van der Waals surface area contributed by atoms with E-state index in [2.05, 4.69) is 15.6 Å². The van der Waals surface area contributed by atoms with Crippen LogP contribution in [0.15, 0.2) is 34.2 Å². The molecule has 0 unspecified atom stereocenters. The monoisotopic (exact) mass is 412 g/mol. The summed E-state index contributed by atoms with van der Waals surface area (Å²) >= 11 is 0. The van der Waals surface area contributed by atoms with Crippen molar-refractivity contribution >= 4 is 40.0 Å². The zero-order valence-electron chi connectivity index (χ0n) is 11.6. The highest BCUT2D eigenvalue weighted by atomic mass is 127. The van der Waals surface area contributed by atoms with Crippen LogP contribution in [0.2, 0.25) is 0 Å². The maximum atomic E-state index is 11.2. The molecule has 0 heterocycles. The van der Waals surface area contributed by atoms with Crippen molar-refractivity contribution in [3.05, 3.63) is 29.8 Å². The van der Waals surface area contributed by atoms with E-state index < -0.39 is 10.0 Å². The average Bonchev–Trinajstić information content (AvgIpc) is 2.36. The lowest BCUT2D eigenvalue weighted by atomic mass is 10.2. The van der Waals surface area contributed by atoms with Crippen molar-refractivity contribution in [3.63, 3.8) is 0 Å². The molecule has 0 spiro atoms. The summed E-state index contributed by atoms with van der Waals surface area (Å²) in [5.74, 6) is 0.700. The summed E-state index contributed by atoms with van der Waals surface area (Å²) in [6.07, 6.45) is 0. The van der Waals surface area contributed by atoms with Gasteiger partial charge < -0.3 is 10.6 Å². The molecule has 0 aliphatic heterocycles. The van der Waals surface area contributed by atoms with E-state index in [0.717, 1.165) is 18.7 Å². The third-order valence-corrected chi connectivity index (χ3v) is 3.25. The van der Waals surface area contributed by atoms with Crippen molar-refractivity contribution in [3.8, 4) is 0 Å². The first kappa shape index (κ1) is 19.1. The number of hydrogen-bond donors (Lipinski definition) is 3. The summed E-state index contributed by atoms with van der Waals surface area (Å²) < 4.78 is 22.5. The van der Waals surface area contributed by atoms with E-state index in [4.69, 9.17) is 5.14 Å². The van der Waals surface area contributed by atoms with Gasteiger partial charge in [-0.1, -0.05) is 12.1 Å². The normalized spacial score (nSPS) is 10.3. The SMILES string of the molecule is CCNC(=NCc1cccc(S(N)(=O)=O)c1)NCC.I. The fraction of sp³-hybridized carbons (Fsp3) is 0.417. The van der Waals surface area contributed by atoms with Crippen molar-refractivity contribution in [1.82, 2.24) is 10.6 Å². The molecule has 0 radical (unpaired) electrons. The van der Waals surface area contributed by atoms with Gasteiger partial charge in [0, 0.05) is 13.1 Å². The maximum absolute atomic E-state index is 11.2. The van der Waals surface area contributed by atoms with E-state index in [-0.39, 0.29) is 28.9 Å². The number of guanidine groups is 1. The molecule has 0 aromatic heterocycles. The Labute approximate surface area is 137 Å². The van der Waals surface area contributed by atoms with Crippen LogP contribution in [0, 0.1) is 0 Å². The molecular weight excluding hydrogens is 391 g/mol. The summed E-state index contributed by atoms with van der Waals surface area (Å²) in [6.45, 7) is 5.88. The van der Waals surface area contributed by atoms with Gasteiger partial charge >= 0.3 is 0 Å². The van der Waals surface area contributed by atoms with Gasteiger partial charge in [-0.05, 0) is 31.5 Å². The Hall–Kier alpha value is -0.870. The number of primary sulfonamides is 1. The van der Waals surface area contributed by atoms with Crippen molar-refractivity contribution < 1.29 is 8.42 Å². The molecule has 1 aromatic carbocycles. The molecule has 4 N–H and O–H groups in total. The number of nitrogens with zero attached hydrogens (tertiary/aromatic N) is 1. The largest absolute Gasteiger partial charge is 0.357 e. The van der Waals surface area contributed by atoms with E-state index in [9.17, 15) is 8.42 Å². The van der Waals surface area contributed by atoms with Crippen LogP contribution in [0.4, 0.5) is 0 Å². The van der Waals surface area contributed by atoms with Crippen LogP contribution in [-0.2, 0) is 16.6 Å². The number of benzene rings is 1. The fourth-order valence-electron chi connectivity index (χ4n) is 1.50. The predicted octanol–water partition coefficient (Wildman–Crippen LogP) is 1.03. The average molecular weight is 412 g/mol. The predicted molar refractivity (Wildman–Crippen MR) is 91.7 cm³/mol. The number of rotatable bonds is 5. The molecule has 0 saturated carbocycles. The first-order valence-electron chi connectivity index (χ1n) is 6.11. The summed E-state index contributed by atoms with van der Waals surface area (Å²) in [5, 5.41) is 11.3. The summed E-state index contributed by atoms with van der Waals surface area (Å²) in [5.41, 5.74) is 0.792. The van der Waals surface area contributed by atoms with Crippen LogP contribution in [0.25, 0.3) is 0 Å². The number of aliphatic imine (C=N–C) groups is 1. The van der Waals surface area contributed by atoms with Gasteiger partial charge in [-0.25, -0.2) is 18.5 Å². The molecule has 0 saturated heterocycles. The molecule has 20 heavy (non-hydrogen) atoms. The van der Waals surface area contributed by atoms with E-state index in [0.29, 0.717) is 12.5 Å². The second kappa shape index (κ2) is 9.14. The van der Waals surface area contributed by atoms with Crippen LogP contribution >= 0.6 is 24.0 Å². The molecule has 1 rings (SSSR count). The van der Waals surface area contributed by atoms with Gasteiger partial charge in [0.25, 0.3) is 0 Å². The highest BCUT2D eigenvalue weighted by molar-refractivity contribution is 14.0. The first-order valence-corrected chi connectivity index (χ1v) is 7.66. The van der Waals surface area contributed by atoms with Gasteiger partial charge in [0.05, 0.1) is 11.4 Å². The Morgan fingerprint density at radius 3 is 2.35 bits per heavy atom. The molecule has 0 bridgehead atoms. The molecular formula is C12H21IN4O2S. The molecule has 1 aromatic rings. The molecule has 0 amide bonds. The van der Waals surface area contributed by atoms with Crippen LogP contribution in [0.5, 0.6) is 0 Å². The number of nitrogens with one attached hydrogen (secondary N) is 2. The second-order valence-electron chi connectivity index (χ2n) is 3.92. The Balaban J connectivity index is 0.00000361. The minimum atomic E-state index is -3.66. The zero-order valence-corrected chi connectivity index (χ0v) is 14.7.